The van der Waals surface area contributed by atoms with Crippen molar-refractivity contribution in [1.82, 2.24) is 9.62 Å². The maximum Gasteiger partial charge on any atom is 0.331 e. The van der Waals surface area contributed by atoms with E-state index in [4.69, 9.17) is 9.47 Å². The summed E-state index contributed by atoms with van der Waals surface area (Å²) in [6.45, 7) is 4.24. The average molecular weight is 461 g/mol. The molecule has 0 aliphatic rings. The SMILES string of the molecule is CCN(CC)S(=O)(=O)c1ccc(C=CC(=O)OCC(=O)NCc2ccc(OC)cc2)cc1. The van der Waals surface area contributed by atoms with Crippen LogP contribution in [0.15, 0.2) is 59.5 Å². The molecule has 2 aromatic carbocycles. The van der Waals surface area contributed by atoms with Crippen LogP contribution < -0.4 is 10.1 Å². The van der Waals surface area contributed by atoms with Crippen LogP contribution in [-0.2, 0) is 30.9 Å². The van der Waals surface area contributed by atoms with Crippen LogP contribution in [0.1, 0.15) is 25.0 Å². The number of hydrogen-bond acceptors (Lipinski definition) is 6. The average Bonchev–Trinajstić information content (AvgIpc) is 2.81. The van der Waals surface area contributed by atoms with Gasteiger partial charge in [0.2, 0.25) is 10.0 Å². The highest BCUT2D eigenvalue weighted by Crippen LogP contribution is 2.17. The van der Waals surface area contributed by atoms with Crippen LogP contribution >= 0.6 is 0 Å². The first-order valence-corrected chi connectivity index (χ1v) is 11.6. The molecule has 8 nitrogen and oxygen atoms in total. The monoisotopic (exact) mass is 460 g/mol. The van der Waals surface area contributed by atoms with Crippen LogP contribution in [0.2, 0.25) is 0 Å². The fourth-order valence-electron chi connectivity index (χ4n) is 2.81. The topological polar surface area (TPSA) is 102 Å². The number of hydrogen-bond donors (Lipinski definition) is 1. The summed E-state index contributed by atoms with van der Waals surface area (Å²) in [5, 5.41) is 2.66. The highest BCUT2D eigenvalue weighted by atomic mass is 32.2. The molecule has 9 heteroatoms. The number of amides is 1. The third-order valence-electron chi connectivity index (χ3n) is 4.63. The zero-order valence-corrected chi connectivity index (χ0v) is 19.2. The van der Waals surface area contributed by atoms with Gasteiger partial charge in [0.25, 0.3) is 5.91 Å². The molecule has 0 radical (unpaired) electrons. The van der Waals surface area contributed by atoms with Crippen molar-refractivity contribution < 1.29 is 27.5 Å². The minimum Gasteiger partial charge on any atom is -0.497 e. The Hall–Kier alpha value is -3.17. The van der Waals surface area contributed by atoms with Gasteiger partial charge in [0, 0.05) is 25.7 Å². The van der Waals surface area contributed by atoms with Crippen molar-refractivity contribution in [1.29, 1.82) is 0 Å². The molecule has 1 amide bonds. The van der Waals surface area contributed by atoms with Crippen molar-refractivity contribution in [2.24, 2.45) is 0 Å². The summed E-state index contributed by atoms with van der Waals surface area (Å²) in [6, 6.07) is 13.4. The van der Waals surface area contributed by atoms with Crippen LogP contribution in [0.4, 0.5) is 0 Å². The second-order valence-corrected chi connectivity index (χ2v) is 8.66. The van der Waals surface area contributed by atoms with E-state index in [0.717, 1.165) is 11.3 Å². The van der Waals surface area contributed by atoms with Gasteiger partial charge in [-0.2, -0.15) is 4.31 Å². The minimum atomic E-state index is -3.53. The fraction of sp³-hybridized carbons (Fsp3) is 0.304. The summed E-state index contributed by atoms with van der Waals surface area (Å²) in [4.78, 5) is 23.9. The summed E-state index contributed by atoms with van der Waals surface area (Å²) in [7, 11) is -1.95. The standard InChI is InChI=1S/C23H28N2O6S/c1-4-25(5-2)32(28,29)21-13-8-18(9-14-21)10-15-23(27)31-17-22(26)24-16-19-6-11-20(30-3)12-7-19/h6-15H,4-5,16-17H2,1-3H3,(H,24,26). The Bertz CT molecular complexity index is 1030. The quantitative estimate of drug-likeness (QED) is 0.409. The Labute approximate surface area is 188 Å². The van der Waals surface area contributed by atoms with Gasteiger partial charge in [0.15, 0.2) is 6.61 Å². The predicted molar refractivity (Wildman–Crippen MR) is 121 cm³/mol. The molecule has 0 bridgehead atoms. The molecule has 0 aliphatic carbocycles. The first-order chi connectivity index (χ1) is 15.3. The lowest BCUT2D eigenvalue weighted by molar-refractivity contribution is -0.143. The van der Waals surface area contributed by atoms with Crippen molar-refractivity contribution in [2.45, 2.75) is 25.3 Å². The summed E-state index contributed by atoms with van der Waals surface area (Å²) in [5.74, 6) is -0.376. The summed E-state index contributed by atoms with van der Waals surface area (Å²) in [5.41, 5.74) is 1.52. The van der Waals surface area contributed by atoms with Crippen molar-refractivity contribution >= 4 is 28.0 Å². The van der Waals surface area contributed by atoms with E-state index in [1.807, 2.05) is 12.1 Å². The van der Waals surface area contributed by atoms with Gasteiger partial charge < -0.3 is 14.8 Å². The lowest BCUT2D eigenvalue weighted by Crippen LogP contribution is -2.30. The predicted octanol–water partition coefficient (Wildman–Crippen LogP) is 2.60. The second kappa shape index (κ2) is 12.0. The Morgan fingerprint density at radius 2 is 1.62 bits per heavy atom. The normalized spacial score (nSPS) is 11.5. The molecule has 0 aliphatic heterocycles. The van der Waals surface area contributed by atoms with Gasteiger partial charge in [0.1, 0.15) is 5.75 Å². The molecule has 0 fully saturated rings. The van der Waals surface area contributed by atoms with E-state index in [9.17, 15) is 18.0 Å². The Kier molecular flexibility index (Phi) is 9.42. The third kappa shape index (κ3) is 7.21. The largest absolute Gasteiger partial charge is 0.497 e. The maximum atomic E-state index is 12.5. The number of carbonyl (C=O) groups excluding carboxylic acids is 2. The fourth-order valence-corrected chi connectivity index (χ4v) is 4.27. The smallest absolute Gasteiger partial charge is 0.331 e. The van der Waals surface area contributed by atoms with E-state index in [0.29, 0.717) is 25.2 Å². The van der Waals surface area contributed by atoms with E-state index < -0.39 is 28.5 Å². The molecule has 0 atom stereocenters. The van der Waals surface area contributed by atoms with E-state index >= 15 is 0 Å². The molecule has 0 aromatic heterocycles. The molecule has 2 rings (SSSR count). The van der Waals surface area contributed by atoms with E-state index in [-0.39, 0.29) is 4.90 Å². The van der Waals surface area contributed by atoms with Gasteiger partial charge in [-0.25, -0.2) is 13.2 Å². The Morgan fingerprint density at radius 1 is 1.00 bits per heavy atom. The van der Waals surface area contributed by atoms with Gasteiger partial charge in [-0.3, -0.25) is 4.79 Å². The summed E-state index contributed by atoms with van der Waals surface area (Å²) >= 11 is 0. The number of nitrogens with zero attached hydrogens (tertiary/aromatic N) is 1. The summed E-state index contributed by atoms with van der Waals surface area (Å²) < 4.78 is 36.3. The Balaban J connectivity index is 1.82. The van der Waals surface area contributed by atoms with Crippen molar-refractivity contribution in [3.8, 4) is 5.75 Å². The first-order valence-electron chi connectivity index (χ1n) is 10.1. The van der Waals surface area contributed by atoms with Crippen LogP contribution in [0, 0.1) is 0 Å². The van der Waals surface area contributed by atoms with Crippen molar-refractivity contribution in [2.75, 3.05) is 26.8 Å². The van der Waals surface area contributed by atoms with Gasteiger partial charge in [0.05, 0.1) is 12.0 Å². The Morgan fingerprint density at radius 3 is 2.19 bits per heavy atom. The molecule has 0 unspecified atom stereocenters. The molecule has 32 heavy (non-hydrogen) atoms. The number of rotatable bonds is 11. The lowest BCUT2D eigenvalue weighted by Gasteiger charge is -2.18. The molecule has 1 N–H and O–H groups in total. The molecule has 2 aromatic rings. The zero-order valence-electron chi connectivity index (χ0n) is 18.4. The molecule has 172 valence electrons. The number of carbonyl (C=O) groups is 2. The van der Waals surface area contributed by atoms with E-state index in [2.05, 4.69) is 5.32 Å². The third-order valence-corrected chi connectivity index (χ3v) is 6.69. The zero-order chi connectivity index (χ0) is 23.6. The van der Waals surface area contributed by atoms with Crippen LogP contribution in [0.5, 0.6) is 5.75 Å². The van der Waals surface area contributed by atoms with Crippen molar-refractivity contribution in [3.63, 3.8) is 0 Å². The number of sulfonamides is 1. The van der Waals surface area contributed by atoms with E-state index in [1.165, 1.54) is 28.6 Å². The van der Waals surface area contributed by atoms with Crippen molar-refractivity contribution in [3.05, 3.63) is 65.7 Å². The maximum absolute atomic E-state index is 12.5. The van der Waals surface area contributed by atoms with Gasteiger partial charge >= 0.3 is 5.97 Å². The molecular weight excluding hydrogens is 432 g/mol. The van der Waals surface area contributed by atoms with Gasteiger partial charge in [-0.05, 0) is 41.5 Å². The van der Waals surface area contributed by atoms with Crippen LogP contribution in [0.3, 0.4) is 0 Å². The second-order valence-electron chi connectivity index (χ2n) is 6.72. The highest BCUT2D eigenvalue weighted by molar-refractivity contribution is 7.89. The molecule has 0 saturated carbocycles. The highest BCUT2D eigenvalue weighted by Gasteiger charge is 2.20. The van der Waals surface area contributed by atoms with Crippen LogP contribution in [0.25, 0.3) is 6.08 Å². The number of ether oxygens (including phenoxy) is 2. The number of benzene rings is 2. The minimum absolute atomic E-state index is 0.189. The molecule has 0 heterocycles. The van der Waals surface area contributed by atoms with Gasteiger partial charge in [-0.15, -0.1) is 0 Å². The molecular formula is C23H28N2O6S. The van der Waals surface area contributed by atoms with E-state index in [1.54, 1.807) is 45.2 Å². The number of methoxy groups -OCH3 is 1. The molecule has 0 spiro atoms. The first kappa shape index (κ1) is 25.1. The number of esters is 1. The summed E-state index contributed by atoms with van der Waals surface area (Å²) in [6.07, 6.45) is 2.68. The molecule has 0 saturated heterocycles. The number of nitrogens with one attached hydrogen (secondary N) is 1. The lowest BCUT2D eigenvalue weighted by atomic mass is 10.2. The van der Waals surface area contributed by atoms with Gasteiger partial charge in [-0.1, -0.05) is 38.1 Å². The van der Waals surface area contributed by atoms with Crippen LogP contribution in [-0.4, -0.2) is 51.4 Å².